The zero-order valence-corrected chi connectivity index (χ0v) is 7.57. The van der Waals surface area contributed by atoms with E-state index in [2.05, 4.69) is 0 Å². The summed E-state index contributed by atoms with van der Waals surface area (Å²) in [7, 11) is 0. The Hall–Kier alpha value is -0.753. The van der Waals surface area contributed by atoms with Crippen LogP contribution in [-0.2, 0) is 11.2 Å². The molecule has 0 radical (unpaired) electrons. The Morgan fingerprint density at radius 2 is 1.92 bits per heavy atom. The Morgan fingerprint density at radius 1 is 1.38 bits per heavy atom. The Kier molecular flexibility index (Phi) is 5.48. The smallest absolute Gasteiger partial charge is 0.548 e. The molecule has 1 aromatic carbocycles. The maximum atomic E-state index is 10.3. The minimum atomic E-state index is -1.21. The molecule has 0 fully saturated rings. The van der Waals surface area contributed by atoms with Crippen molar-refractivity contribution in [3.8, 4) is 0 Å². The second-order valence-corrected chi connectivity index (χ2v) is 2.62. The molecule has 1 unspecified atom stereocenters. The fourth-order valence-corrected chi connectivity index (χ4v) is 0.951. The summed E-state index contributed by atoms with van der Waals surface area (Å²) in [5, 5.41) is 10.3. The van der Waals surface area contributed by atoms with E-state index in [9.17, 15) is 9.90 Å². The summed E-state index contributed by atoms with van der Waals surface area (Å²) in [4.78, 5) is 10.3. The third kappa shape index (κ3) is 4.14. The molecular weight excluding hydrogens is 161 g/mol. The molecular formula is C9H10LiNO2. The number of benzene rings is 1. The van der Waals surface area contributed by atoms with Crippen LogP contribution in [0.1, 0.15) is 5.56 Å². The number of nitrogens with two attached hydrogens (primary N) is 1. The van der Waals surface area contributed by atoms with Crippen molar-refractivity contribution in [3.63, 3.8) is 0 Å². The Balaban J connectivity index is 0.00000144. The largest absolute Gasteiger partial charge is 1.00 e. The van der Waals surface area contributed by atoms with Gasteiger partial charge in [-0.1, -0.05) is 30.3 Å². The molecule has 1 aromatic rings. The second kappa shape index (κ2) is 5.82. The van der Waals surface area contributed by atoms with Gasteiger partial charge >= 0.3 is 18.9 Å². The predicted octanol–water partition coefficient (Wildman–Crippen LogP) is -3.69. The van der Waals surface area contributed by atoms with E-state index < -0.39 is 12.0 Å². The number of carbonyl (C=O) groups excluding carboxylic acids is 1. The molecule has 0 bridgehead atoms. The van der Waals surface area contributed by atoms with E-state index in [4.69, 9.17) is 5.73 Å². The van der Waals surface area contributed by atoms with Gasteiger partial charge in [0.1, 0.15) is 0 Å². The second-order valence-electron chi connectivity index (χ2n) is 2.62. The van der Waals surface area contributed by atoms with Gasteiger partial charge < -0.3 is 15.6 Å². The van der Waals surface area contributed by atoms with Crippen molar-refractivity contribution in [1.29, 1.82) is 0 Å². The molecule has 0 aliphatic heterocycles. The fraction of sp³-hybridized carbons (Fsp3) is 0.222. The number of carboxylic acids is 1. The van der Waals surface area contributed by atoms with Crippen LogP contribution in [0.15, 0.2) is 30.3 Å². The molecule has 0 spiro atoms. The number of carbonyl (C=O) groups is 1. The quantitative estimate of drug-likeness (QED) is 0.476. The average Bonchev–Trinajstić information content (AvgIpc) is 2.06. The Labute approximate surface area is 89.1 Å². The first-order valence-corrected chi connectivity index (χ1v) is 3.70. The van der Waals surface area contributed by atoms with Crippen molar-refractivity contribution < 1.29 is 28.8 Å². The van der Waals surface area contributed by atoms with Crippen molar-refractivity contribution in [2.45, 2.75) is 12.5 Å². The van der Waals surface area contributed by atoms with E-state index in [1.807, 2.05) is 30.3 Å². The Morgan fingerprint density at radius 3 is 2.38 bits per heavy atom. The van der Waals surface area contributed by atoms with Gasteiger partial charge in [-0.2, -0.15) is 0 Å². The molecule has 3 nitrogen and oxygen atoms in total. The van der Waals surface area contributed by atoms with Gasteiger partial charge in [-0.3, -0.25) is 0 Å². The van der Waals surface area contributed by atoms with Crippen molar-refractivity contribution >= 4 is 5.97 Å². The van der Waals surface area contributed by atoms with Crippen LogP contribution in [0.4, 0.5) is 0 Å². The number of rotatable bonds is 3. The summed E-state index contributed by atoms with van der Waals surface area (Å²) in [6.45, 7) is 0. The zero-order chi connectivity index (χ0) is 8.97. The van der Waals surface area contributed by atoms with Crippen molar-refractivity contribution in [3.05, 3.63) is 35.9 Å². The van der Waals surface area contributed by atoms with Crippen LogP contribution in [0, 0.1) is 0 Å². The van der Waals surface area contributed by atoms with E-state index in [1.54, 1.807) is 0 Å². The van der Waals surface area contributed by atoms with Gasteiger partial charge in [-0.25, -0.2) is 0 Å². The monoisotopic (exact) mass is 171 g/mol. The third-order valence-corrected chi connectivity index (χ3v) is 1.60. The molecule has 1 atom stereocenters. The van der Waals surface area contributed by atoms with Crippen molar-refractivity contribution in [2.24, 2.45) is 5.73 Å². The summed E-state index contributed by atoms with van der Waals surface area (Å²) >= 11 is 0. The molecule has 13 heavy (non-hydrogen) atoms. The summed E-state index contributed by atoms with van der Waals surface area (Å²) < 4.78 is 0. The molecule has 0 saturated heterocycles. The molecule has 0 aliphatic rings. The van der Waals surface area contributed by atoms with E-state index in [0.29, 0.717) is 6.42 Å². The molecule has 64 valence electrons. The normalized spacial score (nSPS) is 11.5. The van der Waals surface area contributed by atoms with Gasteiger partial charge in [0, 0.05) is 6.04 Å². The molecule has 4 heteroatoms. The van der Waals surface area contributed by atoms with Gasteiger partial charge in [0.05, 0.1) is 5.97 Å². The number of carboxylic acid groups (broad SMARTS) is 1. The van der Waals surface area contributed by atoms with E-state index in [-0.39, 0.29) is 18.9 Å². The van der Waals surface area contributed by atoms with Gasteiger partial charge in [0.15, 0.2) is 0 Å². The third-order valence-electron chi connectivity index (χ3n) is 1.60. The van der Waals surface area contributed by atoms with Gasteiger partial charge in [-0.15, -0.1) is 0 Å². The molecule has 2 N–H and O–H groups in total. The SMILES string of the molecule is NC(Cc1ccccc1)C(=O)[O-].[Li+]. The van der Waals surface area contributed by atoms with E-state index in [0.717, 1.165) is 5.56 Å². The first-order chi connectivity index (χ1) is 5.70. The minimum absolute atomic E-state index is 0. The molecule has 0 aliphatic carbocycles. The van der Waals surface area contributed by atoms with E-state index in [1.165, 1.54) is 0 Å². The van der Waals surface area contributed by atoms with E-state index >= 15 is 0 Å². The average molecular weight is 171 g/mol. The maximum absolute atomic E-state index is 10.3. The number of aliphatic carboxylic acids is 1. The van der Waals surface area contributed by atoms with Crippen LogP contribution in [0.3, 0.4) is 0 Å². The first kappa shape index (κ1) is 12.2. The van der Waals surface area contributed by atoms with Gasteiger partial charge in [0.25, 0.3) is 0 Å². The van der Waals surface area contributed by atoms with Crippen LogP contribution in [0.2, 0.25) is 0 Å². The summed E-state index contributed by atoms with van der Waals surface area (Å²) in [6, 6.07) is 8.32. The summed E-state index contributed by atoms with van der Waals surface area (Å²) in [5.74, 6) is -1.21. The van der Waals surface area contributed by atoms with Gasteiger partial charge in [0.2, 0.25) is 0 Å². The fourth-order valence-electron chi connectivity index (χ4n) is 0.951. The molecule has 0 heterocycles. The van der Waals surface area contributed by atoms with Crippen LogP contribution >= 0.6 is 0 Å². The maximum Gasteiger partial charge on any atom is 1.00 e. The topological polar surface area (TPSA) is 66.2 Å². The van der Waals surface area contributed by atoms with Crippen LogP contribution in [0.25, 0.3) is 0 Å². The van der Waals surface area contributed by atoms with Crippen molar-refractivity contribution in [1.82, 2.24) is 0 Å². The summed E-state index contributed by atoms with van der Waals surface area (Å²) in [5.41, 5.74) is 6.20. The summed E-state index contributed by atoms with van der Waals surface area (Å²) in [6.07, 6.45) is 0.323. The predicted molar refractivity (Wildman–Crippen MR) is 43.1 cm³/mol. The minimum Gasteiger partial charge on any atom is -0.548 e. The number of hydrogen-bond acceptors (Lipinski definition) is 3. The van der Waals surface area contributed by atoms with Gasteiger partial charge in [-0.05, 0) is 12.0 Å². The molecule has 1 rings (SSSR count). The zero-order valence-electron chi connectivity index (χ0n) is 7.57. The van der Waals surface area contributed by atoms with Crippen LogP contribution in [0.5, 0.6) is 0 Å². The first-order valence-electron chi connectivity index (χ1n) is 3.70. The standard InChI is InChI=1S/C9H11NO2.Li/c10-8(9(11)12)6-7-4-2-1-3-5-7;/h1-5,8H,6,10H2,(H,11,12);/q;+1/p-1. The molecule has 0 aromatic heterocycles. The molecule has 0 saturated carbocycles. The number of hydrogen-bond donors (Lipinski definition) is 1. The molecule has 0 amide bonds. The Bertz CT molecular complexity index is 264. The van der Waals surface area contributed by atoms with Crippen LogP contribution < -0.4 is 29.7 Å². The van der Waals surface area contributed by atoms with Crippen molar-refractivity contribution in [2.75, 3.05) is 0 Å². The van der Waals surface area contributed by atoms with Crippen LogP contribution in [-0.4, -0.2) is 12.0 Å².